The Balaban J connectivity index is 0.00000147. The van der Waals surface area contributed by atoms with Crippen molar-refractivity contribution in [2.75, 3.05) is 26.3 Å². The van der Waals surface area contributed by atoms with Gasteiger partial charge in [0, 0.05) is 18.7 Å². The first-order valence-corrected chi connectivity index (χ1v) is 7.76. The number of nitrogens with one attached hydrogen (secondary N) is 2. The van der Waals surface area contributed by atoms with Crippen LogP contribution in [0.15, 0.2) is 23.1 Å². The van der Waals surface area contributed by atoms with Crippen LogP contribution in [-0.2, 0) is 10.0 Å². The van der Waals surface area contributed by atoms with Gasteiger partial charge in [-0.05, 0) is 25.1 Å². The lowest BCUT2D eigenvalue weighted by molar-refractivity contribution is 0.171. The van der Waals surface area contributed by atoms with E-state index in [4.69, 9.17) is 9.47 Å². The molecular weight excluding hydrogens is 304 g/mol. The van der Waals surface area contributed by atoms with Gasteiger partial charge in [0.25, 0.3) is 0 Å². The molecule has 112 valence electrons. The van der Waals surface area contributed by atoms with Gasteiger partial charge >= 0.3 is 0 Å². The number of halogens is 1. The Morgan fingerprint density at radius 3 is 2.65 bits per heavy atom. The van der Waals surface area contributed by atoms with Crippen LogP contribution >= 0.6 is 12.4 Å². The zero-order chi connectivity index (χ0) is 13.3. The van der Waals surface area contributed by atoms with E-state index in [0.717, 1.165) is 13.0 Å². The molecule has 2 aliphatic heterocycles. The molecular formula is C12H17ClN2O4S. The number of hydrogen-bond donors (Lipinski definition) is 2. The van der Waals surface area contributed by atoms with Gasteiger partial charge in [-0.25, -0.2) is 13.1 Å². The molecule has 0 radical (unpaired) electrons. The maximum atomic E-state index is 12.2. The van der Waals surface area contributed by atoms with Crippen molar-refractivity contribution in [3.8, 4) is 11.5 Å². The highest BCUT2D eigenvalue weighted by atomic mass is 35.5. The largest absolute Gasteiger partial charge is 0.486 e. The van der Waals surface area contributed by atoms with E-state index >= 15 is 0 Å². The molecule has 6 nitrogen and oxygen atoms in total. The number of fused-ring (bicyclic) bond motifs is 1. The first-order valence-electron chi connectivity index (χ1n) is 6.28. The highest BCUT2D eigenvalue weighted by Gasteiger charge is 2.24. The zero-order valence-electron chi connectivity index (χ0n) is 10.8. The van der Waals surface area contributed by atoms with Gasteiger partial charge < -0.3 is 14.8 Å². The minimum atomic E-state index is -3.50. The molecule has 3 rings (SSSR count). The summed E-state index contributed by atoms with van der Waals surface area (Å²) < 4.78 is 37.9. The van der Waals surface area contributed by atoms with Crippen LogP contribution in [-0.4, -0.2) is 40.8 Å². The lowest BCUT2D eigenvalue weighted by Crippen LogP contribution is -2.36. The molecule has 0 saturated carbocycles. The standard InChI is InChI=1S/C12H16N2O4S.ClH/c15-19(16,14-9-3-4-13-8-9)10-1-2-11-12(7-10)18-6-5-17-11;/h1-2,7,9,13-14H,3-6,8H2;1H. The average molecular weight is 321 g/mol. The number of benzene rings is 1. The number of sulfonamides is 1. The summed E-state index contributed by atoms with van der Waals surface area (Å²) in [5.41, 5.74) is 0. The van der Waals surface area contributed by atoms with Crippen LogP contribution in [0.5, 0.6) is 11.5 Å². The summed E-state index contributed by atoms with van der Waals surface area (Å²) in [6.07, 6.45) is 0.809. The van der Waals surface area contributed by atoms with Gasteiger partial charge in [0.2, 0.25) is 10.0 Å². The first kappa shape index (κ1) is 15.4. The fourth-order valence-corrected chi connectivity index (χ4v) is 3.52. The summed E-state index contributed by atoms with van der Waals surface area (Å²) in [4.78, 5) is 0.212. The Kier molecular flexibility index (Phi) is 4.74. The molecule has 0 spiro atoms. The summed E-state index contributed by atoms with van der Waals surface area (Å²) in [5.74, 6) is 1.08. The fraction of sp³-hybridized carbons (Fsp3) is 0.500. The number of ether oxygens (including phenoxy) is 2. The summed E-state index contributed by atoms with van der Waals surface area (Å²) in [7, 11) is -3.50. The van der Waals surface area contributed by atoms with Crippen LogP contribution in [0.25, 0.3) is 0 Å². The maximum absolute atomic E-state index is 12.2. The number of hydrogen-bond acceptors (Lipinski definition) is 5. The molecule has 0 aromatic heterocycles. The lowest BCUT2D eigenvalue weighted by atomic mass is 10.3. The van der Waals surface area contributed by atoms with Crippen molar-refractivity contribution in [2.24, 2.45) is 0 Å². The van der Waals surface area contributed by atoms with Crippen LogP contribution in [0.3, 0.4) is 0 Å². The van der Waals surface area contributed by atoms with E-state index in [-0.39, 0.29) is 23.3 Å². The first-order chi connectivity index (χ1) is 9.15. The molecule has 0 amide bonds. The van der Waals surface area contributed by atoms with Crippen molar-refractivity contribution < 1.29 is 17.9 Å². The van der Waals surface area contributed by atoms with Crippen LogP contribution in [0.2, 0.25) is 0 Å². The summed E-state index contributed by atoms with van der Waals surface area (Å²) in [6, 6.07) is 4.64. The van der Waals surface area contributed by atoms with Crippen molar-refractivity contribution in [3.63, 3.8) is 0 Å². The monoisotopic (exact) mass is 320 g/mol. The predicted octanol–water partition coefficient (Wildman–Crippen LogP) is 0.520. The molecule has 0 aliphatic carbocycles. The molecule has 1 fully saturated rings. The van der Waals surface area contributed by atoms with Crippen LogP contribution in [0.4, 0.5) is 0 Å². The molecule has 1 aromatic carbocycles. The van der Waals surface area contributed by atoms with Gasteiger partial charge in [0.15, 0.2) is 11.5 Å². The van der Waals surface area contributed by atoms with Crippen molar-refractivity contribution in [1.82, 2.24) is 10.0 Å². The van der Waals surface area contributed by atoms with Crippen LogP contribution < -0.4 is 19.5 Å². The van der Waals surface area contributed by atoms with Gasteiger partial charge in [0.1, 0.15) is 13.2 Å². The second-order valence-corrected chi connectivity index (χ2v) is 6.33. The van der Waals surface area contributed by atoms with Gasteiger partial charge in [0.05, 0.1) is 4.90 Å². The number of rotatable bonds is 3. The van der Waals surface area contributed by atoms with E-state index in [0.29, 0.717) is 31.3 Å². The fourth-order valence-electron chi connectivity index (χ4n) is 2.23. The topological polar surface area (TPSA) is 76.7 Å². The summed E-state index contributed by atoms with van der Waals surface area (Å²) in [5, 5.41) is 3.12. The Hall–Kier alpha value is -1.02. The minimum Gasteiger partial charge on any atom is -0.486 e. The van der Waals surface area contributed by atoms with E-state index in [9.17, 15) is 8.42 Å². The zero-order valence-corrected chi connectivity index (χ0v) is 12.4. The quantitative estimate of drug-likeness (QED) is 0.849. The predicted molar refractivity (Wildman–Crippen MR) is 76.3 cm³/mol. The minimum absolute atomic E-state index is 0. The molecule has 2 N–H and O–H groups in total. The molecule has 1 aromatic rings. The molecule has 1 unspecified atom stereocenters. The third-order valence-electron chi connectivity index (χ3n) is 3.21. The SMILES string of the molecule is Cl.O=S(=O)(NC1CCNC1)c1ccc2c(c1)OCCO2. The Labute approximate surface area is 124 Å². The third kappa shape index (κ3) is 3.17. The van der Waals surface area contributed by atoms with Gasteiger partial charge in [-0.3, -0.25) is 0 Å². The van der Waals surface area contributed by atoms with Crippen molar-refractivity contribution in [1.29, 1.82) is 0 Å². The summed E-state index contributed by atoms with van der Waals surface area (Å²) >= 11 is 0. The molecule has 1 atom stereocenters. The van der Waals surface area contributed by atoms with Gasteiger partial charge in [-0.1, -0.05) is 0 Å². The molecule has 8 heteroatoms. The molecule has 2 heterocycles. The second kappa shape index (κ2) is 6.17. The summed E-state index contributed by atoms with van der Waals surface area (Å²) in [6.45, 7) is 2.44. The normalized spacial score (nSPS) is 21.3. The Morgan fingerprint density at radius 2 is 1.95 bits per heavy atom. The third-order valence-corrected chi connectivity index (χ3v) is 4.72. The average Bonchev–Trinajstić information content (AvgIpc) is 2.90. The van der Waals surface area contributed by atoms with Gasteiger partial charge in [-0.15, -0.1) is 12.4 Å². The van der Waals surface area contributed by atoms with Gasteiger partial charge in [-0.2, -0.15) is 0 Å². The lowest BCUT2D eigenvalue weighted by Gasteiger charge is -2.19. The maximum Gasteiger partial charge on any atom is 0.241 e. The molecule has 20 heavy (non-hydrogen) atoms. The van der Waals surface area contributed by atoms with E-state index in [2.05, 4.69) is 10.0 Å². The smallest absolute Gasteiger partial charge is 0.241 e. The van der Waals surface area contributed by atoms with E-state index in [1.54, 1.807) is 6.07 Å². The van der Waals surface area contributed by atoms with Crippen molar-refractivity contribution >= 4 is 22.4 Å². The van der Waals surface area contributed by atoms with Crippen LogP contribution in [0.1, 0.15) is 6.42 Å². The molecule has 1 saturated heterocycles. The van der Waals surface area contributed by atoms with Crippen molar-refractivity contribution in [3.05, 3.63) is 18.2 Å². The second-order valence-electron chi connectivity index (χ2n) is 4.62. The Bertz CT molecular complexity index is 573. The highest BCUT2D eigenvalue weighted by molar-refractivity contribution is 7.89. The van der Waals surface area contributed by atoms with E-state index in [1.807, 2.05) is 0 Å². The molecule has 0 bridgehead atoms. The van der Waals surface area contributed by atoms with E-state index < -0.39 is 10.0 Å². The van der Waals surface area contributed by atoms with E-state index in [1.165, 1.54) is 12.1 Å². The van der Waals surface area contributed by atoms with Crippen molar-refractivity contribution in [2.45, 2.75) is 17.4 Å². The highest BCUT2D eigenvalue weighted by Crippen LogP contribution is 2.32. The molecule has 2 aliphatic rings. The van der Waals surface area contributed by atoms with Crippen LogP contribution in [0, 0.1) is 0 Å². The Morgan fingerprint density at radius 1 is 1.20 bits per heavy atom.